The number of hydrogen-bond acceptors (Lipinski definition) is 6. The zero-order valence-corrected chi connectivity index (χ0v) is 16.3. The molecule has 148 valence electrons. The first-order valence-electron chi connectivity index (χ1n) is 8.57. The predicted octanol–water partition coefficient (Wildman–Crippen LogP) is 3.96. The largest absolute Gasteiger partial charge is 0.356 e. The van der Waals surface area contributed by atoms with E-state index in [4.69, 9.17) is 0 Å². The molecule has 0 aliphatic carbocycles. The molecule has 0 amide bonds. The Morgan fingerprint density at radius 2 is 1.62 bits per heavy atom. The lowest BCUT2D eigenvalue weighted by Crippen LogP contribution is -2.18. The Balaban J connectivity index is 1.67. The summed E-state index contributed by atoms with van der Waals surface area (Å²) in [4.78, 5) is 12.2. The van der Waals surface area contributed by atoms with Crippen molar-refractivity contribution in [3.63, 3.8) is 0 Å². The van der Waals surface area contributed by atoms with E-state index in [9.17, 15) is 18.5 Å². The van der Waals surface area contributed by atoms with Gasteiger partial charge in [-0.1, -0.05) is 36.4 Å². The van der Waals surface area contributed by atoms with Gasteiger partial charge < -0.3 is 5.32 Å². The number of anilines is 2. The first-order chi connectivity index (χ1) is 13.8. The molecule has 9 heteroatoms. The third-order valence-corrected chi connectivity index (χ3v) is 5.27. The van der Waals surface area contributed by atoms with Crippen molar-refractivity contribution in [1.82, 2.24) is 4.83 Å². The molecule has 0 aliphatic rings. The molecule has 0 fully saturated rings. The molecule has 0 aliphatic heterocycles. The molecule has 2 N–H and O–H groups in total. The van der Waals surface area contributed by atoms with Crippen LogP contribution in [0.15, 0.2) is 82.8 Å². The van der Waals surface area contributed by atoms with Gasteiger partial charge in [-0.2, -0.15) is 13.5 Å². The number of nitro benzene ring substituents is 1. The smallest absolute Gasteiger partial charge is 0.276 e. The van der Waals surface area contributed by atoms with E-state index in [1.54, 1.807) is 12.1 Å². The molecule has 0 saturated heterocycles. The quantitative estimate of drug-likeness (QED) is 0.348. The molecule has 0 atom stereocenters. The van der Waals surface area contributed by atoms with Gasteiger partial charge in [-0.25, -0.2) is 4.83 Å². The third-order valence-electron chi connectivity index (χ3n) is 4.05. The van der Waals surface area contributed by atoms with Gasteiger partial charge in [0, 0.05) is 23.0 Å². The summed E-state index contributed by atoms with van der Waals surface area (Å²) in [5.74, 6) is 0. The summed E-state index contributed by atoms with van der Waals surface area (Å²) < 4.78 is 24.6. The summed E-state index contributed by atoms with van der Waals surface area (Å²) in [7, 11) is -4.02. The van der Waals surface area contributed by atoms with E-state index >= 15 is 0 Å². The molecule has 0 radical (unpaired) electrons. The molecule has 0 heterocycles. The van der Waals surface area contributed by atoms with Crippen molar-refractivity contribution >= 4 is 33.3 Å². The molecule has 0 bridgehead atoms. The first-order valence-corrected chi connectivity index (χ1v) is 10.1. The molecule has 29 heavy (non-hydrogen) atoms. The Kier molecular flexibility index (Phi) is 5.89. The fraction of sp³-hybridized carbons (Fsp3) is 0.0500. The maximum atomic E-state index is 12.3. The Morgan fingerprint density at radius 1 is 0.966 bits per heavy atom. The number of nitrogens with one attached hydrogen (secondary N) is 2. The van der Waals surface area contributed by atoms with Gasteiger partial charge in [0.1, 0.15) is 0 Å². The fourth-order valence-electron chi connectivity index (χ4n) is 2.52. The third kappa shape index (κ3) is 5.17. The van der Waals surface area contributed by atoms with Gasteiger partial charge in [-0.3, -0.25) is 10.1 Å². The van der Waals surface area contributed by atoms with Crippen LogP contribution in [0.4, 0.5) is 17.1 Å². The van der Waals surface area contributed by atoms with E-state index in [-0.39, 0.29) is 10.6 Å². The predicted molar refractivity (Wildman–Crippen MR) is 112 cm³/mol. The van der Waals surface area contributed by atoms with Crippen LogP contribution in [-0.2, 0) is 10.0 Å². The van der Waals surface area contributed by atoms with Crippen LogP contribution in [0.5, 0.6) is 0 Å². The normalized spacial score (nSPS) is 11.3. The molecule has 0 spiro atoms. The molecule has 0 aromatic heterocycles. The number of nitrogens with zero attached hydrogens (tertiary/aromatic N) is 2. The highest BCUT2D eigenvalue weighted by Crippen LogP contribution is 2.22. The van der Waals surface area contributed by atoms with Gasteiger partial charge >= 0.3 is 0 Å². The van der Waals surface area contributed by atoms with Crippen molar-refractivity contribution in [2.45, 2.75) is 11.8 Å². The van der Waals surface area contributed by atoms with Crippen LogP contribution >= 0.6 is 0 Å². The Labute approximate surface area is 168 Å². The molecular formula is C20H18N4O4S. The molecule has 3 aromatic carbocycles. The van der Waals surface area contributed by atoms with Crippen LogP contribution in [0.25, 0.3) is 0 Å². The van der Waals surface area contributed by atoms with Crippen LogP contribution in [0, 0.1) is 17.0 Å². The van der Waals surface area contributed by atoms with Gasteiger partial charge in [0.25, 0.3) is 15.7 Å². The summed E-state index contributed by atoms with van der Waals surface area (Å²) >= 11 is 0. The van der Waals surface area contributed by atoms with E-state index in [1.807, 2.05) is 42.5 Å². The number of rotatable bonds is 7. The number of para-hydroxylation sites is 1. The minimum Gasteiger partial charge on any atom is -0.356 e. The molecular weight excluding hydrogens is 392 g/mol. The molecule has 0 unspecified atom stereocenters. The zero-order valence-electron chi connectivity index (χ0n) is 15.4. The highest BCUT2D eigenvalue weighted by molar-refractivity contribution is 7.89. The lowest BCUT2D eigenvalue weighted by atomic mass is 10.2. The minimum atomic E-state index is -4.02. The number of hydrogen-bond donors (Lipinski definition) is 2. The Bertz CT molecular complexity index is 1140. The Morgan fingerprint density at radius 3 is 2.28 bits per heavy atom. The van der Waals surface area contributed by atoms with E-state index in [0.29, 0.717) is 11.1 Å². The van der Waals surface area contributed by atoms with Crippen molar-refractivity contribution < 1.29 is 13.3 Å². The molecule has 3 rings (SSSR count). The summed E-state index contributed by atoms with van der Waals surface area (Å²) in [6.07, 6.45) is 1.35. The number of sulfonamides is 1. The van der Waals surface area contributed by atoms with Crippen molar-refractivity contribution in [1.29, 1.82) is 0 Å². The maximum Gasteiger partial charge on any atom is 0.276 e. The number of nitro groups is 1. The average molecular weight is 410 g/mol. The summed E-state index contributed by atoms with van der Waals surface area (Å²) in [6, 6.07) is 20.6. The average Bonchev–Trinajstić information content (AvgIpc) is 2.70. The second-order valence-electron chi connectivity index (χ2n) is 6.17. The van der Waals surface area contributed by atoms with Crippen molar-refractivity contribution in [2.75, 3.05) is 5.32 Å². The van der Waals surface area contributed by atoms with E-state index in [1.165, 1.54) is 25.3 Å². The van der Waals surface area contributed by atoms with Gasteiger partial charge in [0.15, 0.2) is 0 Å². The lowest BCUT2D eigenvalue weighted by Gasteiger charge is -2.06. The van der Waals surface area contributed by atoms with Crippen molar-refractivity contribution in [3.8, 4) is 0 Å². The SMILES string of the molecule is Cc1ccc(S(=O)(=O)N/N=C/c2ccc(Nc3ccccc3)cc2)cc1[N+](=O)[O-]. The maximum absolute atomic E-state index is 12.3. The van der Waals surface area contributed by atoms with Crippen molar-refractivity contribution in [2.24, 2.45) is 5.10 Å². The van der Waals surface area contributed by atoms with Crippen LogP contribution in [0.3, 0.4) is 0 Å². The lowest BCUT2D eigenvalue weighted by molar-refractivity contribution is -0.385. The van der Waals surface area contributed by atoms with Crippen LogP contribution in [0.2, 0.25) is 0 Å². The van der Waals surface area contributed by atoms with Gasteiger partial charge in [0.2, 0.25) is 0 Å². The minimum absolute atomic E-state index is 0.227. The van der Waals surface area contributed by atoms with E-state index < -0.39 is 14.9 Å². The van der Waals surface area contributed by atoms with Gasteiger partial charge in [0.05, 0.1) is 16.0 Å². The first kappa shape index (κ1) is 20.0. The van der Waals surface area contributed by atoms with Gasteiger partial charge in [-0.15, -0.1) is 0 Å². The monoisotopic (exact) mass is 410 g/mol. The van der Waals surface area contributed by atoms with E-state index in [0.717, 1.165) is 17.4 Å². The fourth-order valence-corrected chi connectivity index (χ4v) is 3.33. The molecule has 3 aromatic rings. The van der Waals surface area contributed by atoms with Crippen molar-refractivity contribution in [3.05, 3.63) is 94.0 Å². The summed E-state index contributed by atoms with van der Waals surface area (Å²) in [6.45, 7) is 1.54. The highest BCUT2D eigenvalue weighted by Gasteiger charge is 2.19. The van der Waals surface area contributed by atoms with Gasteiger partial charge in [-0.05, 0) is 42.8 Å². The molecule has 8 nitrogen and oxygen atoms in total. The number of benzene rings is 3. The second kappa shape index (κ2) is 8.53. The van der Waals surface area contributed by atoms with E-state index in [2.05, 4.69) is 15.2 Å². The molecule has 0 saturated carbocycles. The second-order valence-corrected chi connectivity index (χ2v) is 7.83. The zero-order chi connectivity index (χ0) is 20.9. The topological polar surface area (TPSA) is 114 Å². The van der Waals surface area contributed by atoms with Crippen LogP contribution in [-0.4, -0.2) is 19.6 Å². The Hall–Kier alpha value is -3.72. The summed E-state index contributed by atoms with van der Waals surface area (Å²) in [5, 5.41) is 18.0. The summed E-state index contributed by atoms with van der Waals surface area (Å²) in [5.41, 5.74) is 2.62. The van der Waals surface area contributed by atoms with Crippen LogP contribution < -0.4 is 10.1 Å². The highest BCUT2D eigenvalue weighted by atomic mass is 32.2. The standard InChI is InChI=1S/C20H18N4O4S/c1-15-7-12-19(13-20(15)24(25)26)29(27,28)23-21-14-16-8-10-18(11-9-16)22-17-5-3-2-4-6-17/h2-14,22-23H,1H3/b21-14+. The van der Waals surface area contributed by atoms with Crippen LogP contribution in [0.1, 0.15) is 11.1 Å². The number of aryl methyl sites for hydroxylation is 1. The number of hydrazone groups is 1.